The normalized spacial score (nSPS) is 17.1. The molecule has 41 heavy (non-hydrogen) atoms. The minimum atomic E-state index is -0.715. The van der Waals surface area contributed by atoms with Crippen LogP contribution < -0.4 is 16.6 Å². The van der Waals surface area contributed by atoms with E-state index in [0.29, 0.717) is 38.0 Å². The number of furan rings is 1. The molecule has 214 valence electrons. The number of carbonyl (C=O) groups excluding carboxylic acids is 2. The number of ether oxygens (including phenoxy) is 1. The minimum absolute atomic E-state index is 0.0206. The highest BCUT2D eigenvalue weighted by Gasteiger charge is 2.29. The quantitative estimate of drug-likeness (QED) is 0.340. The van der Waals surface area contributed by atoms with Gasteiger partial charge in [-0.25, -0.2) is 23.5 Å². The molecule has 0 spiro atoms. The number of benzene rings is 1. The van der Waals surface area contributed by atoms with Gasteiger partial charge in [-0.05, 0) is 76.2 Å². The van der Waals surface area contributed by atoms with E-state index in [9.17, 15) is 23.6 Å². The molecule has 1 fully saturated rings. The number of nitrogens with one attached hydrogen (secondary N) is 1. The van der Waals surface area contributed by atoms with Gasteiger partial charge >= 0.3 is 11.7 Å². The Labute approximate surface area is 234 Å². The first-order valence-electron chi connectivity index (χ1n) is 13.2. The van der Waals surface area contributed by atoms with Crippen LogP contribution in [0.4, 0.5) is 4.39 Å². The molecule has 3 heterocycles. The van der Waals surface area contributed by atoms with E-state index < -0.39 is 29.1 Å². The molecule has 3 aromatic heterocycles. The summed E-state index contributed by atoms with van der Waals surface area (Å²) < 4.78 is 27.0. The average molecular weight is 564 g/mol. The van der Waals surface area contributed by atoms with Crippen molar-refractivity contribution in [1.29, 1.82) is 0 Å². The van der Waals surface area contributed by atoms with Crippen molar-refractivity contribution in [3.8, 4) is 5.69 Å². The van der Waals surface area contributed by atoms with Crippen molar-refractivity contribution in [1.82, 2.24) is 24.3 Å². The van der Waals surface area contributed by atoms with Crippen molar-refractivity contribution in [3.63, 3.8) is 0 Å². The van der Waals surface area contributed by atoms with Gasteiger partial charge in [0.15, 0.2) is 11.4 Å². The number of hydrogen-bond donors (Lipinski definition) is 1. The van der Waals surface area contributed by atoms with E-state index in [2.05, 4.69) is 10.3 Å². The Morgan fingerprint density at radius 3 is 2.59 bits per heavy atom. The first-order chi connectivity index (χ1) is 19.7. The van der Waals surface area contributed by atoms with Gasteiger partial charge in [0.25, 0.3) is 11.5 Å². The molecule has 1 aromatic carbocycles. The lowest BCUT2D eigenvalue weighted by Crippen LogP contribution is -2.45. The Bertz CT molecular complexity index is 1730. The summed E-state index contributed by atoms with van der Waals surface area (Å²) in [7, 11) is 5.06. The Hall–Kier alpha value is -4.58. The number of pyridine rings is 1. The molecule has 0 aliphatic heterocycles. The Morgan fingerprint density at radius 2 is 1.88 bits per heavy atom. The molecule has 1 aliphatic rings. The van der Waals surface area contributed by atoms with Gasteiger partial charge in [0.2, 0.25) is 0 Å². The summed E-state index contributed by atoms with van der Waals surface area (Å²) in [6.07, 6.45) is 2.83. The zero-order chi connectivity index (χ0) is 29.3. The second-order valence-corrected chi connectivity index (χ2v) is 10.3. The lowest BCUT2D eigenvalue weighted by atomic mass is 9.91. The van der Waals surface area contributed by atoms with Crippen molar-refractivity contribution in [2.75, 3.05) is 21.2 Å². The van der Waals surface area contributed by atoms with Crippen LogP contribution in [0.25, 0.3) is 16.7 Å². The van der Waals surface area contributed by atoms with Gasteiger partial charge in [-0.15, -0.1) is 0 Å². The number of halogens is 1. The maximum Gasteiger partial charge on any atom is 0.337 e. The van der Waals surface area contributed by atoms with Crippen LogP contribution in [0, 0.1) is 5.82 Å². The van der Waals surface area contributed by atoms with E-state index in [4.69, 9.17) is 9.15 Å². The van der Waals surface area contributed by atoms with E-state index in [-0.39, 0.29) is 40.0 Å². The zero-order valence-electron chi connectivity index (χ0n) is 22.9. The summed E-state index contributed by atoms with van der Waals surface area (Å²) >= 11 is 0. The lowest BCUT2D eigenvalue weighted by Gasteiger charge is -2.30. The molecule has 11 nitrogen and oxygen atoms in total. The minimum Gasteiger partial charge on any atom is -0.465 e. The Balaban J connectivity index is 1.43. The van der Waals surface area contributed by atoms with Crippen LogP contribution in [0.5, 0.6) is 0 Å². The molecular formula is C29H30FN5O6. The number of nitrogens with zero attached hydrogens (tertiary/aromatic N) is 4. The number of esters is 1. The first kappa shape index (κ1) is 28.0. The molecule has 1 N–H and O–H groups in total. The van der Waals surface area contributed by atoms with E-state index in [1.54, 1.807) is 24.3 Å². The van der Waals surface area contributed by atoms with Crippen LogP contribution >= 0.6 is 0 Å². The third-order valence-electron chi connectivity index (χ3n) is 7.17. The van der Waals surface area contributed by atoms with Crippen LogP contribution in [0.15, 0.2) is 62.7 Å². The van der Waals surface area contributed by atoms with Gasteiger partial charge in [-0.3, -0.25) is 14.2 Å². The van der Waals surface area contributed by atoms with Gasteiger partial charge in [0, 0.05) is 12.1 Å². The molecule has 1 saturated carbocycles. The standard InChI is InChI=1S/C29H30FN5O6/c1-33(2)16-22-11-12-24(41-22)26(36)32-19-7-9-20(10-8-19)35-27(37)23-14-18(30)15-31-25(23)34(29(35)39)21-6-4-5-17(13-21)28(38)40-3/h4-6,11-15,19-20H,7-10,16H2,1-3H3,(H,32,36). The molecule has 0 bridgehead atoms. The maximum atomic E-state index is 14.2. The number of amides is 1. The van der Waals surface area contributed by atoms with Crippen molar-refractivity contribution in [3.05, 3.63) is 92.4 Å². The van der Waals surface area contributed by atoms with Crippen molar-refractivity contribution < 1.29 is 23.1 Å². The van der Waals surface area contributed by atoms with Gasteiger partial charge in [0.1, 0.15) is 11.6 Å². The predicted octanol–water partition coefficient (Wildman–Crippen LogP) is 3.04. The molecule has 1 amide bonds. The topological polar surface area (TPSA) is 129 Å². The molecule has 0 radical (unpaired) electrons. The first-order valence-corrected chi connectivity index (χ1v) is 13.2. The molecule has 5 rings (SSSR count). The number of carbonyl (C=O) groups is 2. The molecule has 0 atom stereocenters. The molecule has 12 heteroatoms. The highest BCUT2D eigenvalue weighted by atomic mass is 19.1. The van der Waals surface area contributed by atoms with Gasteiger partial charge < -0.3 is 19.4 Å². The molecular weight excluding hydrogens is 533 g/mol. The molecule has 0 saturated heterocycles. The van der Waals surface area contributed by atoms with Crippen molar-refractivity contribution >= 4 is 22.9 Å². The second kappa shape index (κ2) is 11.5. The SMILES string of the molecule is COC(=O)c1cccc(-n2c(=O)n(C3CCC(NC(=O)c4ccc(CN(C)C)o4)CC3)c(=O)c3cc(F)cnc32)c1. The summed E-state index contributed by atoms with van der Waals surface area (Å²) in [5.41, 5.74) is -0.836. The van der Waals surface area contributed by atoms with Gasteiger partial charge in [0.05, 0.1) is 36.5 Å². The van der Waals surface area contributed by atoms with E-state index in [1.165, 1.54) is 23.8 Å². The zero-order valence-corrected chi connectivity index (χ0v) is 22.9. The summed E-state index contributed by atoms with van der Waals surface area (Å²) in [5.74, 6) is -0.732. The smallest absolute Gasteiger partial charge is 0.337 e. The monoisotopic (exact) mass is 563 g/mol. The number of rotatable bonds is 7. The van der Waals surface area contributed by atoms with E-state index in [0.717, 1.165) is 16.8 Å². The number of aromatic nitrogens is 3. The van der Waals surface area contributed by atoms with E-state index >= 15 is 0 Å². The van der Waals surface area contributed by atoms with Gasteiger partial charge in [-0.2, -0.15) is 0 Å². The number of methoxy groups -OCH3 is 1. The largest absolute Gasteiger partial charge is 0.465 e. The lowest BCUT2D eigenvalue weighted by molar-refractivity contribution is 0.0600. The summed E-state index contributed by atoms with van der Waals surface area (Å²) in [6, 6.07) is 9.97. The summed E-state index contributed by atoms with van der Waals surface area (Å²) in [5, 5.41) is 2.92. The third-order valence-corrected chi connectivity index (χ3v) is 7.17. The van der Waals surface area contributed by atoms with Gasteiger partial charge in [-0.1, -0.05) is 6.07 Å². The maximum absolute atomic E-state index is 14.2. The number of hydrogen-bond acceptors (Lipinski definition) is 8. The molecule has 0 unspecified atom stereocenters. The summed E-state index contributed by atoms with van der Waals surface area (Å²) in [6.45, 7) is 0.572. The van der Waals surface area contributed by atoms with Crippen molar-refractivity contribution in [2.45, 2.75) is 44.3 Å². The Kier molecular flexibility index (Phi) is 7.84. The second-order valence-electron chi connectivity index (χ2n) is 10.3. The Morgan fingerprint density at radius 1 is 1.12 bits per heavy atom. The van der Waals surface area contributed by atoms with Crippen LogP contribution in [-0.4, -0.2) is 58.1 Å². The predicted molar refractivity (Wildman–Crippen MR) is 148 cm³/mol. The highest BCUT2D eigenvalue weighted by molar-refractivity contribution is 5.91. The molecule has 4 aromatic rings. The highest BCUT2D eigenvalue weighted by Crippen LogP contribution is 2.28. The summed E-state index contributed by atoms with van der Waals surface area (Å²) in [4.78, 5) is 58.2. The average Bonchev–Trinajstić information content (AvgIpc) is 3.42. The number of fused-ring (bicyclic) bond motifs is 1. The third kappa shape index (κ3) is 5.68. The van der Waals surface area contributed by atoms with Crippen molar-refractivity contribution in [2.24, 2.45) is 0 Å². The van der Waals surface area contributed by atoms with E-state index in [1.807, 2.05) is 19.0 Å². The fourth-order valence-electron chi connectivity index (χ4n) is 5.26. The van der Waals surface area contributed by atoms with Crippen LogP contribution in [0.2, 0.25) is 0 Å². The van der Waals surface area contributed by atoms with Crippen LogP contribution in [0.3, 0.4) is 0 Å². The fourth-order valence-corrected chi connectivity index (χ4v) is 5.26. The van der Waals surface area contributed by atoms with Crippen LogP contribution in [-0.2, 0) is 11.3 Å². The molecule has 1 aliphatic carbocycles. The fraction of sp³-hybridized carbons (Fsp3) is 0.345. The van der Waals surface area contributed by atoms with Crippen LogP contribution in [0.1, 0.15) is 58.4 Å².